The molecule has 2 heterocycles. The van der Waals surface area contributed by atoms with E-state index in [1.165, 1.54) is 4.90 Å². The van der Waals surface area contributed by atoms with Crippen LogP contribution >= 0.6 is 0 Å². The molecule has 222 valence electrons. The minimum absolute atomic E-state index is 0.000727. The first-order valence-corrected chi connectivity index (χ1v) is 13.8. The van der Waals surface area contributed by atoms with Crippen molar-refractivity contribution in [3.05, 3.63) is 71.9 Å². The number of aromatic amines is 1. The zero-order valence-electron chi connectivity index (χ0n) is 23.0. The molecule has 3 aromatic rings. The Bertz CT molecular complexity index is 1440. The minimum Gasteiger partial charge on any atom is -0.481 e. The summed E-state index contributed by atoms with van der Waals surface area (Å²) >= 11 is 0. The van der Waals surface area contributed by atoms with Crippen molar-refractivity contribution in [2.75, 3.05) is 6.54 Å². The summed E-state index contributed by atoms with van der Waals surface area (Å²) in [5, 5.41) is 24.8. The van der Waals surface area contributed by atoms with Crippen molar-refractivity contribution >= 4 is 40.6 Å². The lowest BCUT2D eigenvalue weighted by Gasteiger charge is -2.28. The van der Waals surface area contributed by atoms with Gasteiger partial charge in [0.05, 0.1) is 6.04 Å². The van der Waals surface area contributed by atoms with Crippen molar-refractivity contribution in [1.29, 1.82) is 0 Å². The lowest BCUT2D eigenvalue weighted by Crippen LogP contribution is -2.57. The maximum atomic E-state index is 13.4. The molecule has 7 N–H and O–H groups in total. The highest BCUT2D eigenvalue weighted by Crippen LogP contribution is 2.22. The average Bonchev–Trinajstić information content (AvgIpc) is 3.62. The van der Waals surface area contributed by atoms with Gasteiger partial charge >= 0.3 is 11.9 Å². The Morgan fingerprint density at radius 3 is 2.38 bits per heavy atom. The summed E-state index contributed by atoms with van der Waals surface area (Å²) in [4.78, 5) is 67.5. The molecule has 3 amide bonds. The van der Waals surface area contributed by atoms with E-state index in [1.54, 1.807) is 36.5 Å². The van der Waals surface area contributed by atoms with E-state index in [9.17, 15) is 34.2 Å². The number of benzene rings is 2. The Balaban J connectivity index is 1.42. The van der Waals surface area contributed by atoms with E-state index in [0.29, 0.717) is 24.9 Å². The highest BCUT2D eigenvalue weighted by Gasteiger charge is 2.38. The van der Waals surface area contributed by atoms with E-state index < -0.39 is 60.2 Å². The first-order valence-electron chi connectivity index (χ1n) is 13.8. The second-order valence-electron chi connectivity index (χ2n) is 10.4. The van der Waals surface area contributed by atoms with E-state index >= 15 is 0 Å². The topological polar surface area (TPSA) is 195 Å². The number of nitrogens with two attached hydrogens (primary N) is 1. The van der Waals surface area contributed by atoms with Crippen LogP contribution in [0.15, 0.2) is 60.8 Å². The number of nitrogens with zero attached hydrogens (tertiary/aromatic N) is 1. The monoisotopic (exact) mass is 577 g/mol. The Hall–Kier alpha value is -4.71. The maximum Gasteiger partial charge on any atom is 0.326 e. The van der Waals surface area contributed by atoms with Gasteiger partial charge in [0, 0.05) is 36.5 Å². The van der Waals surface area contributed by atoms with Crippen LogP contribution in [-0.2, 0) is 36.8 Å². The predicted octanol–water partition coefficient (Wildman–Crippen LogP) is 1.19. The molecule has 0 radical (unpaired) electrons. The van der Waals surface area contributed by atoms with Gasteiger partial charge in [0.2, 0.25) is 17.7 Å². The van der Waals surface area contributed by atoms with Gasteiger partial charge in [-0.15, -0.1) is 0 Å². The predicted molar refractivity (Wildman–Crippen MR) is 153 cm³/mol. The Morgan fingerprint density at radius 1 is 0.952 bits per heavy atom. The Morgan fingerprint density at radius 2 is 1.67 bits per heavy atom. The van der Waals surface area contributed by atoms with Crippen molar-refractivity contribution in [2.45, 2.75) is 62.7 Å². The Kier molecular flexibility index (Phi) is 9.92. The van der Waals surface area contributed by atoms with Gasteiger partial charge in [0.15, 0.2) is 0 Å². The third-order valence-electron chi connectivity index (χ3n) is 7.45. The second kappa shape index (κ2) is 13.8. The number of hydrogen-bond donors (Lipinski definition) is 6. The normalized spacial score (nSPS) is 16.9. The number of H-pyrrole nitrogens is 1. The molecular weight excluding hydrogens is 542 g/mol. The number of fused-ring (bicyclic) bond motifs is 1. The number of likely N-dealkylation sites (tertiary alicyclic amines) is 1. The van der Waals surface area contributed by atoms with Gasteiger partial charge in [-0.05, 0) is 42.9 Å². The van der Waals surface area contributed by atoms with Crippen LogP contribution in [0.2, 0.25) is 0 Å². The minimum atomic E-state index is -1.32. The highest BCUT2D eigenvalue weighted by molar-refractivity contribution is 5.95. The first kappa shape index (κ1) is 30.3. The molecule has 1 fully saturated rings. The second-order valence-corrected chi connectivity index (χ2v) is 10.4. The van der Waals surface area contributed by atoms with Gasteiger partial charge in [0.25, 0.3) is 0 Å². The maximum absolute atomic E-state index is 13.4. The van der Waals surface area contributed by atoms with E-state index in [4.69, 9.17) is 5.73 Å². The first-order chi connectivity index (χ1) is 20.1. The van der Waals surface area contributed by atoms with Crippen LogP contribution in [0.3, 0.4) is 0 Å². The number of aromatic nitrogens is 1. The number of nitrogens with one attached hydrogen (secondary N) is 3. The summed E-state index contributed by atoms with van der Waals surface area (Å²) in [7, 11) is 0. The standard InChI is InChI=1S/C30H35N5O7/c31-21(16-19-17-32-22-10-5-4-9-20(19)22)29(40)35-14-6-11-25(35)28(39)33-23(12-13-26(36)37)27(38)34-24(30(41)42)15-18-7-2-1-3-8-18/h1-5,7-10,17,21,23-25,32H,6,11-16,31H2,(H,33,39)(H,34,38)(H,36,37)(H,41,42). The molecule has 1 aromatic heterocycles. The van der Waals surface area contributed by atoms with Gasteiger partial charge in [-0.3, -0.25) is 19.2 Å². The molecule has 1 saturated heterocycles. The van der Waals surface area contributed by atoms with Crippen LogP contribution in [0.5, 0.6) is 0 Å². The van der Waals surface area contributed by atoms with Crippen molar-refractivity contribution < 1.29 is 34.2 Å². The fourth-order valence-electron chi connectivity index (χ4n) is 5.27. The number of aliphatic carboxylic acids is 2. The van der Waals surface area contributed by atoms with Crippen LogP contribution < -0.4 is 16.4 Å². The molecule has 0 spiro atoms. The summed E-state index contributed by atoms with van der Waals surface area (Å²) in [6, 6.07) is 11.9. The lowest BCUT2D eigenvalue weighted by atomic mass is 10.0. The smallest absolute Gasteiger partial charge is 0.326 e. The number of rotatable bonds is 13. The number of para-hydroxylation sites is 1. The van der Waals surface area contributed by atoms with E-state index in [2.05, 4.69) is 15.6 Å². The number of carbonyl (C=O) groups is 5. The van der Waals surface area contributed by atoms with Gasteiger partial charge in [-0.1, -0.05) is 48.5 Å². The third-order valence-corrected chi connectivity index (χ3v) is 7.45. The molecule has 42 heavy (non-hydrogen) atoms. The zero-order chi connectivity index (χ0) is 30.2. The summed E-state index contributed by atoms with van der Waals surface area (Å²) in [6.07, 6.45) is 2.27. The molecular formula is C30H35N5O7. The van der Waals surface area contributed by atoms with Crippen LogP contribution in [0, 0.1) is 0 Å². The van der Waals surface area contributed by atoms with E-state index in [1.807, 2.05) is 24.3 Å². The summed E-state index contributed by atoms with van der Waals surface area (Å²) in [5.41, 5.74) is 8.77. The molecule has 4 unspecified atom stereocenters. The number of amides is 3. The van der Waals surface area contributed by atoms with Crippen LogP contribution in [0.1, 0.15) is 36.8 Å². The van der Waals surface area contributed by atoms with Gasteiger partial charge in [0.1, 0.15) is 18.1 Å². The van der Waals surface area contributed by atoms with Gasteiger partial charge in [-0.2, -0.15) is 0 Å². The molecule has 2 aromatic carbocycles. The molecule has 12 heteroatoms. The zero-order valence-corrected chi connectivity index (χ0v) is 23.0. The van der Waals surface area contributed by atoms with E-state index in [-0.39, 0.29) is 19.3 Å². The summed E-state index contributed by atoms with van der Waals surface area (Å²) in [5.74, 6) is -4.30. The van der Waals surface area contributed by atoms with E-state index in [0.717, 1.165) is 16.5 Å². The third kappa shape index (κ3) is 7.52. The molecule has 1 aliphatic heterocycles. The van der Waals surface area contributed by atoms with Crippen molar-refractivity contribution in [3.8, 4) is 0 Å². The van der Waals surface area contributed by atoms with Crippen LogP contribution in [0.4, 0.5) is 0 Å². The van der Waals surface area contributed by atoms with Crippen molar-refractivity contribution in [1.82, 2.24) is 20.5 Å². The molecule has 4 atom stereocenters. The fraction of sp³-hybridized carbons (Fsp3) is 0.367. The van der Waals surface area contributed by atoms with Crippen LogP contribution in [-0.4, -0.2) is 80.5 Å². The molecule has 12 nitrogen and oxygen atoms in total. The van der Waals surface area contributed by atoms with Crippen molar-refractivity contribution in [2.24, 2.45) is 5.73 Å². The summed E-state index contributed by atoms with van der Waals surface area (Å²) < 4.78 is 0. The number of hydrogen-bond acceptors (Lipinski definition) is 6. The molecule has 0 bridgehead atoms. The highest BCUT2D eigenvalue weighted by atomic mass is 16.4. The van der Waals surface area contributed by atoms with Crippen LogP contribution in [0.25, 0.3) is 10.9 Å². The van der Waals surface area contributed by atoms with Crippen molar-refractivity contribution in [3.63, 3.8) is 0 Å². The molecule has 1 aliphatic rings. The average molecular weight is 578 g/mol. The number of carboxylic acids is 2. The van der Waals surface area contributed by atoms with Gasteiger partial charge in [-0.25, -0.2) is 4.79 Å². The fourth-order valence-corrected chi connectivity index (χ4v) is 5.27. The quantitative estimate of drug-likeness (QED) is 0.174. The Labute approximate surface area is 242 Å². The number of carboxylic acid groups (broad SMARTS) is 2. The largest absolute Gasteiger partial charge is 0.481 e. The number of carbonyl (C=O) groups excluding carboxylic acids is 3. The summed E-state index contributed by atoms with van der Waals surface area (Å²) in [6.45, 7) is 0.308. The lowest BCUT2D eigenvalue weighted by molar-refractivity contribution is -0.143. The molecule has 0 saturated carbocycles. The molecule has 0 aliphatic carbocycles. The van der Waals surface area contributed by atoms with Gasteiger partial charge < -0.3 is 36.5 Å². The molecule has 4 rings (SSSR count). The SMILES string of the molecule is NC(Cc1c[nH]c2ccccc12)C(=O)N1CCCC1C(=O)NC(CCC(=O)O)C(=O)NC(Cc1ccccc1)C(=O)O.